The predicted molar refractivity (Wildman–Crippen MR) is 57.5 cm³/mol. The summed E-state index contributed by atoms with van der Waals surface area (Å²) < 4.78 is 4.70. The zero-order chi connectivity index (χ0) is 10.3. The molecule has 0 spiro atoms. The van der Waals surface area contributed by atoms with Crippen LogP contribution >= 0.6 is 0 Å². The van der Waals surface area contributed by atoms with Gasteiger partial charge in [-0.15, -0.1) is 9.36 Å². The van der Waals surface area contributed by atoms with Gasteiger partial charge in [-0.05, 0) is 27.7 Å². The van der Waals surface area contributed by atoms with Gasteiger partial charge >= 0.3 is 0 Å². The van der Waals surface area contributed by atoms with Crippen LogP contribution in [0.5, 0.6) is 0 Å². The third-order valence-electron chi connectivity index (χ3n) is 2.92. The van der Waals surface area contributed by atoms with Gasteiger partial charge in [-0.25, -0.2) is 0 Å². The fraction of sp³-hybridized carbons (Fsp3) is 0.727. The molecule has 0 fully saturated rings. The van der Waals surface area contributed by atoms with Gasteiger partial charge in [-0.1, -0.05) is 0 Å². The molecular weight excluding hydrogens is 174 g/mol. The van der Waals surface area contributed by atoms with E-state index in [1.807, 2.05) is 0 Å². The molecule has 0 saturated heterocycles. The van der Waals surface area contributed by atoms with E-state index in [-0.39, 0.29) is 0 Å². The van der Waals surface area contributed by atoms with E-state index in [1.54, 1.807) is 0 Å². The number of hydrogen-bond acceptors (Lipinski definition) is 1. The fourth-order valence-corrected chi connectivity index (χ4v) is 2.19. The van der Waals surface area contributed by atoms with E-state index in [0.29, 0.717) is 12.1 Å². The lowest BCUT2D eigenvalue weighted by Crippen LogP contribution is -2.43. The van der Waals surface area contributed by atoms with Crippen molar-refractivity contribution in [2.75, 3.05) is 11.4 Å². The highest BCUT2D eigenvalue weighted by atomic mass is 15.5. The minimum Gasteiger partial charge on any atom is -0.349 e. The van der Waals surface area contributed by atoms with Crippen molar-refractivity contribution in [1.29, 1.82) is 0 Å². The zero-order valence-corrected chi connectivity index (χ0v) is 9.57. The molecule has 3 heteroatoms. The van der Waals surface area contributed by atoms with E-state index >= 15 is 0 Å². The van der Waals surface area contributed by atoms with Crippen molar-refractivity contribution in [3.63, 3.8) is 0 Å². The molecule has 1 aromatic heterocycles. The summed E-state index contributed by atoms with van der Waals surface area (Å²) in [6, 6.07) is 3.38. The first-order valence-corrected chi connectivity index (χ1v) is 5.49. The number of anilines is 1. The Morgan fingerprint density at radius 2 is 1.93 bits per heavy atom. The van der Waals surface area contributed by atoms with Gasteiger partial charge in [0, 0.05) is 12.6 Å². The monoisotopic (exact) mass is 194 g/mol. The summed E-state index contributed by atoms with van der Waals surface area (Å²) in [7, 11) is 0. The van der Waals surface area contributed by atoms with Crippen LogP contribution in [0.4, 0.5) is 5.82 Å². The van der Waals surface area contributed by atoms with Gasteiger partial charge in [0.1, 0.15) is 0 Å². The topological polar surface area (TPSA) is 12.1 Å². The molecule has 1 aliphatic rings. The molecule has 2 heterocycles. The van der Waals surface area contributed by atoms with Gasteiger partial charge in [0.05, 0.1) is 12.6 Å². The highest BCUT2D eigenvalue weighted by Gasteiger charge is 2.28. The van der Waals surface area contributed by atoms with Crippen molar-refractivity contribution in [2.24, 2.45) is 0 Å². The Balaban J connectivity index is 2.34. The van der Waals surface area contributed by atoms with Crippen molar-refractivity contribution in [1.82, 2.24) is 4.68 Å². The highest BCUT2D eigenvalue weighted by Crippen LogP contribution is 2.21. The van der Waals surface area contributed by atoms with Crippen LogP contribution in [0.1, 0.15) is 33.7 Å². The first-order valence-electron chi connectivity index (χ1n) is 5.49. The van der Waals surface area contributed by atoms with Crippen molar-refractivity contribution in [3.8, 4) is 0 Å². The molecule has 0 radical (unpaired) electrons. The molecule has 1 aromatic rings. The molecule has 0 atom stereocenters. The minimum absolute atomic E-state index is 0.552. The van der Waals surface area contributed by atoms with Crippen molar-refractivity contribution >= 4 is 5.82 Å². The Hall–Kier alpha value is -0.990. The summed E-state index contributed by atoms with van der Waals surface area (Å²) in [6.45, 7) is 11.2. The van der Waals surface area contributed by atoms with Crippen LogP contribution in [-0.2, 0) is 6.54 Å². The maximum atomic E-state index is 2.46. The molecule has 0 amide bonds. The third-order valence-corrected chi connectivity index (χ3v) is 2.92. The average Bonchev–Trinajstić information content (AvgIpc) is 2.59. The Kier molecular flexibility index (Phi) is 2.25. The van der Waals surface area contributed by atoms with Crippen LogP contribution in [0, 0.1) is 0 Å². The lowest BCUT2D eigenvalue weighted by Gasteiger charge is -2.20. The maximum absolute atomic E-state index is 2.46. The van der Waals surface area contributed by atoms with Crippen LogP contribution in [0.3, 0.4) is 0 Å². The predicted octanol–water partition coefficient (Wildman–Crippen LogP) is 1.58. The molecule has 3 nitrogen and oxygen atoms in total. The Bertz CT molecular complexity index is 325. The minimum atomic E-state index is 0.552. The smallest absolute Gasteiger partial charge is 0.198 e. The number of aromatic nitrogens is 2. The molecule has 0 saturated carbocycles. The molecule has 0 aliphatic carbocycles. The van der Waals surface area contributed by atoms with Gasteiger partial charge in [-0.2, -0.15) is 0 Å². The van der Waals surface area contributed by atoms with Gasteiger partial charge in [0.2, 0.25) is 0 Å². The summed E-state index contributed by atoms with van der Waals surface area (Å²) in [4.78, 5) is 2.46. The lowest BCUT2D eigenvalue weighted by atomic mass is 10.3. The summed E-state index contributed by atoms with van der Waals surface area (Å²) in [5.41, 5.74) is 0. The standard InChI is InChI=1S/C11H20N3/c1-9(2)12-7-8-14-11(12)5-6-13(14)10(3)4/h5-6,9-10H,7-8H2,1-4H3/q+1. The second-order valence-electron chi connectivity index (χ2n) is 4.56. The second kappa shape index (κ2) is 3.30. The molecule has 2 rings (SSSR count). The molecule has 0 unspecified atom stereocenters. The maximum Gasteiger partial charge on any atom is 0.198 e. The molecule has 1 aliphatic heterocycles. The number of hydrogen-bond donors (Lipinski definition) is 0. The van der Waals surface area contributed by atoms with Gasteiger partial charge in [0.15, 0.2) is 18.1 Å². The molecule has 0 N–H and O–H groups in total. The first kappa shape index (κ1) is 9.56. The number of nitrogens with zero attached hydrogens (tertiary/aromatic N) is 3. The van der Waals surface area contributed by atoms with Crippen molar-refractivity contribution < 1.29 is 4.68 Å². The van der Waals surface area contributed by atoms with E-state index in [4.69, 9.17) is 0 Å². The largest absolute Gasteiger partial charge is 0.349 e. The number of fused-ring (bicyclic) bond motifs is 1. The van der Waals surface area contributed by atoms with Gasteiger partial charge in [0.25, 0.3) is 0 Å². The zero-order valence-electron chi connectivity index (χ0n) is 9.57. The Labute approximate surface area is 85.9 Å². The van der Waals surface area contributed by atoms with E-state index in [0.717, 1.165) is 13.1 Å². The Morgan fingerprint density at radius 1 is 1.21 bits per heavy atom. The Morgan fingerprint density at radius 3 is 2.50 bits per heavy atom. The summed E-state index contributed by atoms with van der Waals surface area (Å²) in [6.07, 6.45) is 2.19. The van der Waals surface area contributed by atoms with Crippen molar-refractivity contribution in [2.45, 2.75) is 46.3 Å². The van der Waals surface area contributed by atoms with E-state index < -0.39 is 0 Å². The molecule has 78 valence electrons. The van der Waals surface area contributed by atoms with E-state index in [1.165, 1.54) is 5.82 Å². The molecular formula is C11H20N3+. The lowest BCUT2D eigenvalue weighted by molar-refractivity contribution is -0.790. The summed E-state index contributed by atoms with van der Waals surface area (Å²) in [5.74, 6) is 1.37. The van der Waals surface area contributed by atoms with Gasteiger partial charge in [-0.3, -0.25) is 0 Å². The SMILES string of the molecule is CC(C)N1CCn2c1cc[n+]2C(C)C. The van der Waals surface area contributed by atoms with E-state index in [9.17, 15) is 0 Å². The normalized spacial score (nSPS) is 15.7. The molecule has 14 heavy (non-hydrogen) atoms. The summed E-state index contributed by atoms with van der Waals surface area (Å²) in [5, 5.41) is 0. The molecule has 0 aromatic carbocycles. The fourth-order valence-electron chi connectivity index (χ4n) is 2.19. The molecule has 0 bridgehead atoms. The van der Waals surface area contributed by atoms with Crippen LogP contribution in [0.25, 0.3) is 0 Å². The number of rotatable bonds is 2. The second-order valence-corrected chi connectivity index (χ2v) is 4.56. The van der Waals surface area contributed by atoms with Crippen LogP contribution in [0.15, 0.2) is 12.3 Å². The average molecular weight is 194 g/mol. The van der Waals surface area contributed by atoms with Crippen LogP contribution in [0.2, 0.25) is 0 Å². The van der Waals surface area contributed by atoms with Crippen LogP contribution in [-0.4, -0.2) is 17.3 Å². The highest BCUT2D eigenvalue weighted by molar-refractivity contribution is 5.40. The van der Waals surface area contributed by atoms with E-state index in [2.05, 4.69) is 54.2 Å². The van der Waals surface area contributed by atoms with Gasteiger partial charge < -0.3 is 4.90 Å². The summed E-state index contributed by atoms with van der Waals surface area (Å²) >= 11 is 0. The first-order chi connectivity index (χ1) is 6.61. The third kappa shape index (κ3) is 1.31. The van der Waals surface area contributed by atoms with Crippen LogP contribution < -0.4 is 9.58 Å². The van der Waals surface area contributed by atoms with Crippen molar-refractivity contribution in [3.05, 3.63) is 12.3 Å². The quantitative estimate of drug-likeness (QED) is 0.651.